The lowest BCUT2D eigenvalue weighted by Crippen LogP contribution is -2.41. The highest BCUT2D eigenvalue weighted by atomic mass is 32.2. The van der Waals surface area contributed by atoms with Gasteiger partial charge in [0.05, 0.1) is 28.1 Å². The summed E-state index contributed by atoms with van der Waals surface area (Å²) in [5.41, 5.74) is 0.431. The number of rotatable bonds is 7. The normalized spacial score (nSPS) is 12.9. The summed E-state index contributed by atoms with van der Waals surface area (Å²) in [5.74, 6) is -1.25. The summed E-state index contributed by atoms with van der Waals surface area (Å²) in [4.78, 5) is 43.7. The van der Waals surface area contributed by atoms with Crippen molar-refractivity contribution in [3.8, 4) is 5.75 Å². The van der Waals surface area contributed by atoms with Crippen molar-refractivity contribution < 1.29 is 27.7 Å². The van der Waals surface area contributed by atoms with E-state index in [2.05, 4.69) is 20.0 Å². The van der Waals surface area contributed by atoms with Gasteiger partial charge in [0.2, 0.25) is 11.9 Å². The predicted molar refractivity (Wildman–Crippen MR) is 119 cm³/mol. The van der Waals surface area contributed by atoms with Crippen molar-refractivity contribution in [1.29, 1.82) is 0 Å². The van der Waals surface area contributed by atoms with E-state index in [1.807, 2.05) is 0 Å². The number of esters is 1. The number of hydrogen-bond acceptors (Lipinski definition) is 10. The lowest BCUT2D eigenvalue weighted by molar-refractivity contribution is -0.384. The minimum Gasteiger partial charge on any atom is -0.423 e. The van der Waals surface area contributed by atoms with Gasteiger partial charge in [0.1, 0.15) is 6.54 Å². The minimum atomic E-state index is -3.93. The highest BCUT2D eigenvalue weighted by Gasteiger charge is 2.27. The number of anilines is 3. The van der Waals surface area contributed by atoms with Gasteiger partial charge in [-0.25, -0.2) is 27.9 Å². The summed E-state index contributed by atoms with van der Waals surface area (Å²) in [6, 6.07) is 10.7. The van der Waals surface area contributed by atoms with Gasteiger partial charge in [0.15, 0.2) is 5.75 Å². The monoisotopic (exact) mass is 484 g/mol. The van der Waals surface area contributed by atoms with Gasteiger partial charge in [0, 0.05) is 24.1 Å². The molecule has 34 heavy (non-hydrogen) atoms. The van der Waals surface area contributed by atoms with Crippen LogP contribution in [-0.2, 0) is 19.6 Å². The molecule has 1 amide bonds. The van der Waals surface area contributed by atoms with Gasteiger partial charge in [0.25, 0.3) is 15.7 Å². The second-order valence-electron chi connectivity index (χ2n) is 6.99. The Morgan fingerprint density at radius 2 is 1.85 bits per heavy atom. The molecule has 0 unspecified atom stereocenters. The van der Waals surface area contributed by atoms with Crippen LogP contribution in [0.25, 0.3) is 0 Å². The second kappa shape index (κ2) is 9.11. The Hall–Kier alpha value is -4.59. The molecule has 0 aliphatic carbocycles. The lowest BCUT2D eigenvalue weighted by atomic mass is 10.2. The number of aromatic nitrogens is 2. The van der Waals surface area contributed by atoms with Crippen molar-refractivity contribution in [2.24, 2.45) is 0 Å². The molecule has 1 aliphatic heterocycles. The molecule has 3 aromatic rings. The molecule has 2 heterocycles. The zero-order chi connectivity index (χ0) is 24.3. The number of nitro groups is 1. The first-order valence-electron chi connectivity index (χ1n) is 9.65. The topological polar surface area (TPSA) is 174 Å². The number of nitrogens with zero attached hydrogens (tertiary/aromatic N) is 4. The fourth-order valence-electron chi connectivity index (χ4n) is 3.12. The number of carbonyl (C=O) groups is 2. The Morgan fingerprint density at radius 1 is 1.15 bits per heavy atom. The van der Waals surface area contributed by atoms with E-state index >= 15 is 0 Å². The summed E-state index contributed by atoms with van der Waals surface area (Å²) in [6.07, 6.45) is 2.79. The van der Waals surface area contributed by atoms with Crippen molar-refractivity contribution in [3.05, 3.63) is 71.0 Å². The average Bonchev–Trinajstić information content (AvgIpc) is 2.79. The van der Waals surface area contributed by atoms with Crippen molar-refractivity contribution >= 4 is 44.9 Å². The molecular formula is C20H16N6O7S. The van der Waals surface area contributed by atoms with Crippen LogP contribution < -0.4 is 19.7 Å². The highest BCUT2D eigenvalue weighted by molar-refractivity contribution is 7.92. The molecule has 14 heteroatoms. The number of amides is 1. The van der Waals surface area contributed by atoms with E-state index in [0.717, 1.165) is 6.07 Å². The maximum Gasteiger partial charge on any atom is 0.331 e. The van der Waals surface area contributed by atoms with Crippen LogP contribution in [-0.4, -0.2) is 48.3 Å². The number of non-ortho nitro benzene ring substituents is 1. The molecule has 0 fully saturated rings. The van der Waals surface area contributed by atoms with Crippen LogP contribution in [0.5, 0.6) is 5.75 Å². The van der Waals surface area contributed by atoms with Gasteiger partial charge in [-0.05, 0) is 36.4 Å². The number of nitro benzene ring substituents is 1. The first-order valence-corrected chi connectivity index (χ1v) is 11.1. The minimum absolute atomic E-state index is 0.0114. The van der Waals surface area contributed by atoms with Crippen LogP contribution in [0, 0.1) is 10.1 Å². The van der Waals surface area contributed by atoms with E-state index in [4.69, 9.17) is 4.74 Å². The number of sulfonamides is 1. The quantitative estimate of drug-likeness (QED) is 0.217. The summed E-state index contributed by atoms with van der Waals surface area (Å²) >= 11 is 0. The predicted octanol–water partition coefficient (Wildman–Crippen LogP) is 1.55. The van der Waals surface area contributed by atoms with Gasteiger partial charge in [-0.3, -0.25) is 14.9 Å². The largest absolute Gasteiger partial charge is 0.423 e. The summed E-state index contributed by atoms with van der Waals surface area (Å²) < 4.78 is 32.2. The number of benzene rings is 2. The summed E-state index contributed by atoms with van der Waals surface area (Å²) in [6.45, 7) is -0.463. The molecule has 2 aromatic carbocycles. The standard InChI is InChI=1S/C20H16N6O7S/c27-18(11-25-12-19(28)33-17-10-14(26(29)30)4-7-16(17)25)23-13-2-5-15(6-3-13)34(31,32)24-20-21-8-1-9-22-20/h1-10H,11-12H2,(H,23,27)(H,21,22,24). The fourth-order valence-corrected chi connectivity index (χ4v) is 4.08. The van der Waals surface area contributed by atoms with Gasteiger partial charge in [-0.2, -0.15) is 0 Å². The average molecular weight is 484 g/mol. The highest BCUT2D eigenvalue weighted by Crippen LogP contribution is 2.35. The third kappa shape index (κ3) is 5.07. The van der Waals surface area contributed by atoms with E-state index in [1.54, 1.807) is 6.07 Å². The first-order chi connectivity index (χ1) is 16.2. The molecule has 0 spiro atoms. The van der Waals surface area contributed by atoms with Crippen LogP contribution >= 0.6 is 0 Å². The van der Waals surface area contributed by atoms with E-state index in [0.29, 0.717) is 11.4 Å². The molecule has 13 nitrogen and oxygen atoms in total. The Morgan fingerprint density at radius 3 is 2.53 bits per heavy atom. The molecular weight excluding hydrogens is 468 g/mol. The van der Waals surface area contributed by atoms with Crippen LogP contribution in [0.1, 0.15) is 0 Å². The molecule has 1 aromatic heterocycles. The van der Waals surface area contributed by atoms with Crippen LogP contribution in [0.4, 0.5) is 23.0 Å². The van der Waals surface area contributed by atoms with Gasteiger partial charge < -0.3 is 15.0 Å². The van der Waals surface area contributed by atoms with Gasteiger partial charge >= 0.3 is 5.97 Å². The SMILES string of the molecule is O=C(CN1CC(=O)Oc2cc([N+](=O)[O-])ccc21)Nc1ccc(S(=O)(=O)Nc2ncccn2)cc1. The Labute approximate surface area is 192 Å². The molecule has 0 radical (unpaired) electrons. The zero-order valence-electron chi connectivity index (χ0n) is 17.2. The first kappa shape index (κ1) is 22.6. The van der Waals surface area contributed by atoms with Gasteiger partial charge in [-0.15, -0.1) is 0 Å². The summed E-state index contributed by atoms with van der Waals surface area (Å²) in [7, 11) is -3.93. The Balaban J connectivity index is 1.43. The van der Waals surface area contributed by atoms with E-state index < -0.39 is 26.8 Å². The fraction of sp³-hybridized carbons (Fsp3) is 0.100. The number of ether oxygens (including phenoxy) is 1. The number of hydrogen-bond donors (Lipinski definition) is 2. The molecule has 0 atom stereocenters. The van der Waals surface area contributed by atoms with E-state index in [1.165, 1.54) is 53.7 Å². The zero-order valence-corrected chi connectivity index (χ0v) is 18.1. The number of nitrogens with one attached hydrogen (secondary N) is 2. The Kier molecular flexibility index (Phi) is 6.05. The van der Waals surface area contributed by atoms with E-state index in [-0.39, 0.29) is 35.4 Å². The Bertz CT molecular complexity index is 1360. The maximum atomic E-state index is 12.5. The summed E-state index contributed by atoms with van der Waals surface area (Å²) in [5, 5.41) is 13.6. The smallest absolute Gasteiger partial charge is 0.331 e. The second-order valence-corrected chi connectivity index (χ2v) is 8.67. The van der Waals surface area contributed by atoms with Crippen LogP contribution in [0.15, 0.2) is 65.8 Å². The number of fused-ring (bicyclic) bond motifs is 1. The molecule has 2 N–H and O–H groups in total. The van der Waals surface area contributed by atoms with Gasteiger partial charge in [-0.1, -0.05) is 0 Å². The third-order valence-corrected chi connectivity index (χ3v) is 5.96. The molecule has 174 valence electrons. The molecule has 4 rings (SSSR count). The third-order valence-electron chi connectivity index (χ3n) is 4.61. The number of carbonyl (C=O) groups excluding carboxylic acids is 2. The van der Waals surface area contributed by atoms with E-state index in [9.17, 15) is 28.1 Å². The van der Waals surface area contributed by atoms with Crippen LogP contribution in [0.3, 0.4) is 0 Å². The van der Waals surface area contributed by atoms with Crippen LogP contribution in [0.2, 0.25) is 0 Å². The molecule has 0 bridgehead atoms. The van der Waals surface area contributed by atoms with Crippen molar-refractivity contribution in [2.45, 2.75) is 4.90 Å². The molecule has 0 saturated heterocycles. The molecule has 0 saturated carbocycles. The van der Waals surface area contributed by atoms with Crippen molar-refractivity contribution in [1.82, 2.24) is 9.97 Å². The molecule has 1 aliphatic rings. The maximum absolute atomic E-state index is 12.5. The van der Waals surface area contributed by atoms with Crippen molar-refractivity contribution in [2.75, 3.05) is 28.0 Å². The van der Waals surface area contributed by atoms with Crippen molar-refractivity contribution in [3.63, 3.8) is 0 Å². The lowest BCUT2D eigenvalue weighted by Gasteiger charge is -2.28.